The van der Waals surface area contributed by atoms with E-state index in [1.165, 1.54) is 20.3 Å². The smallest absolute Gasteiger partial charge is 0.417 e. The van der Waals surface area contributed by atoms with Gasteiger partial charge in [0.15, 0.2) is 5.75 Å². The van der Waals surface area contributed by atoms with Crippen molar-refractivity contribution in [3.8, 4) is 35.0 Å². The molecule has 1 atom stereocenters. The van der Waals surface area contributed by atoms with Crippen LogP contribution in [0.2, 0.25) is 0 Å². The number of hydrogen-bond donors (Lipinski definition) is 1. The monoisotopic (exact) mass is 635 g/mol. The molecule has 0 aliphatic rings. The average Bonchev–Trinajstić information content (AvgIpc) is 3.11. The van der Waals surface area contributed by atoms with E-state index >= 15 is 0 Å². The lowest BCUT2D eigenvalue weighted by Gasteiger charge is -2.22. The fourth-order valence-corrected chi connectivity index (χ4v) is 4.71. The number of carbonyl (C=O) groups is 2. The third-order valence-corrected chi connectivity index (χ3v) is 7.01. The predicted octanol–water partition coefficient (Wildman–Crippen LogP) is 7.17. The molecule has 0 aliphatic carbocycles. The number of para-hydroxylation sites is 1. The molecule has 240 valence electrons. The van der Waals surface area contributed by atoms with Gasteiger partial charge < -0.3 is 28.4 Å². The molecule has 0 spiro atoms. The Balaban J connectivity index is 1.52. The number of benzene rings is 4. The summed E-state index contributed by atoms with van der Waals surface area (Å²) < 4.78 is 33.3. The van der Waals surface area contributed by atoms with Gasteiger partial charge in [0.05, 0.1) is 39.5 Å². The molecule has 0 bridgehead atoms. The number of anilines is 1. The van der Waals surface area contributed by atoms with Gasteiger partial charge in [-0.1, -0.05) is 72.8 Å². The van der Waals surface area contributed by atoms with Crippen molar-refractivity contribution in [2.45, 2.75) is 18.9 Å². The summed E-state index contributed by atoms with van der Waals surface area (Å²) >= 11 is 0. The van der Waals surface area contributed by atoms with Crippen LogP contribution in [0.15, 0.2) is 109 Å². The first-order valence-electron chi connectivity index (χ1n) is 14.6. The summed E-state index contributed by atoms with van der Waals surface area (Å²) in [5.41, 5.74) is 2.48. The van der Waals surface area contributed by atoms with E-state index in [0.29, 0.717) is 17.1 Å². The Kier molecular flexibility index (Phi) is 10.8. The first-order chi connectivity index (χ1) is 22.9. The van der Waals surface area contributed by atoms with Gasteiger partial charge in [-0.05, 0) is 41.5 Å². The molecule has 5 rings (SSSR count). The molecule has 1 N–H and O–H groups in total. The zero-order valence-electron chi connectivity index (χ0n) is 26.0. The van der Waals surface area contributed by atoms with Gasteiger partial charge in [0.2, 0.25) is 11.8 Å². The standard InChI is InChI=1S/C36H33N3O8/c1-42-26-17-19-27(20-18-26)46-36(41)37-30-16-10-15-28(34(30)47-35-38-31(43-2)22-32(39-35)44-3)29(25-13-8-5-9-14-25)21-33(40)45-23-24-11-6-4-7-12-24/h4-20,22,29H,21,23H2,1-3H3,(H,37,41). The van der Waals surface area contributed by atoms with E-state index in [1.54, 1.807) is 49.6 Å². The quantitative estimate of drug-likeness (QED) is 0.133. The van der Waals surface area contributed by atoms with Gasteiger partial charge in [-0.3, -0.25) is 10.1 Å². The zero-order chi connectivity index (χ0) is 33.0. The van der Waals surface area contributed by atoms with Gasteiger partial charge in [0.1, 0.15) is 18.1 Å². The van der Waals surface area contributed by atoms with Crippen molar-refractivity contribution in [3.05, 3.63) is 126 Å². The molecule has 0 saturated carbocycles. The van der Waals surface area contributed by atoms with Crippen LogP contribution >= 0.6 is 0 Å². The van der Waals surface area contributed by atoms with Crippen LogP contribution in [0.4, 0.5) is 10.5 Å². The zero-order valence-corrected chi connectivity index (χ0v) is 26.0. The summed E-state index contributed by atoms with van der Waals surface area (Å²) in [7, 11) is 4.45. The molecule has 0 radical (unpaired) electrons. The van der Waals surface area contributed by atoms with E-state index in [0.717, 1.165) is 11.1 Å². The second-order valence-corrected chi connectivity index (χ2v) is 10.1. The third-order valence-electron chi connectivity index (χ3n) is 7.01. The Morgan fingerprint density at radius 2 is 1.36 bits per heavy atom. The second-order valence-electron chi connectivity index (χ2n) is 10.1. The molecular weight excluding hydrogens is 602 g/mol. The molecule has 47 heavy (non-hydrogen) atoms. The number of amides is 1. The second kappa shape index (κ2) is 15.8. The maximum Gasteiger partial charge on any atom is 0.417 e. The highest BCUT2D eigenvalue weighted by Crippen LogP contribution is 2.41. The van der Waals surface area contributed by atoms with Crippen LogP contribution in [0.5, 0.6) is 35.0 Å². The Bertz CT molecular complexity index is 1760. The minimum atomic E-state index is -0.778. The first-order valence-corrected chi connectivity index (χ1v) is 14.6. The van der Waals surface area contributed by atoms with Crippen molar-refractivity contribution < 1.29 is 38.0 Å². The number of nitrogens with zero attached hydrogens (tertiary/aromatic N) is 2. The molecule has 11 heteroatoms. The van der Waals surface area contributed by atoms with Gasteiger partial charge in [-0.15, -0.1) is 0 Å². The van der Waals surface area contributed by atoms with Crippen LogP contribution in [-0.2, 0) is 16.1 Å². The number of esters is 1. The van der Waals surface area contributed by atoms with E-state index in [1.807, 2.05) is 60.7 Å². The lowest BCUT2D eigenvalue weighted by Crippen LogP contribution is -2.18. The first kappa shape index (κ1) is 32.3. The number of methoxy groups -OCH3 is 3. The Morgan fingerprint density at radius 1 is 0.723 bits per heavy atom. The topological polar surface area (TPSA) is 127 Å². The van der Waals surface area contributed by atoms with Gasteiger partial charge >= 0.3 is 18.1 Å². The van der Waals surface area contributed by atoms with Crippen LogP contribution in [0, 0.1) is 0 Å². The lowest BCUT2D eigenvalue weighted by atomic mass is 9.87. The van der Waals surface area contributed by atoms with Crippen LogP contribution in [0.1, 0.15) is 29.0 Å². The van der Waals surface area contributed by atoms with Gasteiger partial charge in [-0.2, -0.15) is 9.97 Å². The largest absolute Gasteiger partial charge is 0.497 e. The molecule has 1 amide bonds. The molecule has 4 aromatic carbocycles. The predicted molar refractivity (Wildman–Crippen MR) is 173 cm³/mol. The van der Waals surface area contributed by atoms with E-state index in [2.05, 4.69) is 15.3 Å². The Labute approximate surface area is 272 Å². The summed E-state index contributed by atoms with van der Waals surface area (Å²) in [5.74, 6) is 0.504. The highest BCUT2D eigenvalue weighted by atomic mass is 16.6. The van der Waals surface area contributed by atoms with Crippen LogP contribution in [0.3, 0.4) is 0 Å². The van der Waals surface area contributed by atoms with Gasteiger partial charge in [0.25, 0.3) is 0 Å². The van der Waals surface area contributed by atoms with Crippen molar-refractivity contribution in [2.75, 3.05) is 26.6 Å². The minimum Gasteiger partial charge on any atom is -0.497 e. The van der Waals surface area contributed by atoms with Gasteiger partial charge in [0, 0.05) is 11.5 Å². The summed E-state index contributed by atoms with van der Waals surface area (Å²) in [5, 5.41) is 2.76. The minimum absolute atomic E-state index is 0.0325. The normalized spacial score (nSPS) is 11.1. The molecule has 11 nitrogen and oxygen atoms in total. The number of aromatic nitrogens is 2. The Hall–Kier alpha value is -6.10. The molecule has 0 fully saturated rings. The maximum absolute atomic E-state index is 13.3. The fraction of sp³-hybridized carbons (Fsp3) is 0.167. The third kappa shape index (κ3) is 8.76. The van der Waals surface area contributed by atoms with Crippen molar-refractivity contribution in [3.63, 3.8) is 0 Å². The van der Waals surface area contributed by atoms with Crippen LogP contribution in [0.25, 0.3) is 0 Å². The van der Waals surface area contributed by atoms with Gasteiger partial charge in [-0.25, -0.2) is 4.79 Å². The number of rotatable bonds is 13. The molecule has 0 saturated heterocycles. The number of hydrogen-bond acceptors (Lipinski definition) is 10. The van der Waals surface area contributed by atoms with Crippen LogP contribution < -0.4 is 29.0 Å². The average molecular weight is 636 g/mol. The summed E-state index contributed by atoms with van der Waals surface area (Å²) in [4.78, 5) is 35.1. The highest BCUT2D eigenvalue weighted by molar-refractivity contribution is 5.89. The molecular formula is C36H33N3O8. The van der Waals surface area contributed by atoms with E-state index < -0.39 is 18.0 Å². The highest BCUT2D eigenvalue weighted by Gasteiger charge is 2.26. The summed E-state index contributed by atoms with van der Waals surface area (Å²) in [6.45, 7) is 0.126. The maximum atomic E-state index is 13.3. The molecule has 1 aromatic heterocycles. The van der Waals surface area contributed by atoms with E-state index in [9.17, 15) is 9.59 Å². The molecule has 1 heterocycles. The SMILES string of the molecule is COc1ccc(OC(=O)Nc2cccc(C(CC(=O)OCc3ccccc3)c3ccccc3)c2Oc2nc(OC)cc(OC)n2)cc1. The van der Waals surface area contributed by atoms with E-state index in [-0.39, 0.29) is 42.2 Å². The number of carbonyl (C=O) groups excluding carboxylic acids is 2. The molecule has 1 unspecified atom stereocenters. The van der Waals surface area contributed by atoms with Crippen molar-refractivity contribution in [1.29, 1.82) is 0 Å². The fourth-order valence-electron chi connectivity index (χ4n) is 4.71. The molecule has 0 aliphatic heterocycles. The van der Waals surface area contributed by atoms with Crippen molar-refractivity contribution in [1.82, 2.24) is 9.97 Å². The molecule has 5 aromatic rings. The summed E-state index contributed by atoms with van der Waals surface area (Å²) in [6.07, 6.45) is -0.810. The van der Waals surface area contributed by atoms with Crippen molar-refractivity contribution >= 4 is 17.7 Å². The van der Waals surface area contributed by atoms with Crippen molar-refractivity contribution in [2.24, 2.45) is 0 Å². The van der Waals surface area contributed by atoms with E-state index in [4.69, 9.17) is 28.4 Å². The number of nitrogens with one attached hydrogen (secondary N) is 1. The Morgan fingerprint density at radius 3 is 2.00 bits per heavy atom. The van der Waals surface area contributed by atoms with Crippen LogP contribution in [-0.4, -0.2) is 43.4 Å². The number of ether oxygens (including phenoxy) is 6. The summed E-state index contributed by atoms with van der Waals surface area (Å²) in [6, 6.07) is 32.0. The lowest BCUT2D eigenvalue weighted by molar-refractivity contribution is -0.145.